The smallest absolute Gasteiger partial charge is 0.234 e. The average Bonchev–Trinajstić information content (AvgIpc) is 3.17. The lowest BCUT2D eigenvalue weighted by Crippen LogP contribution is -2.36. The number of hydrogen-bond acceptors (Lipinski definition) is 5. The molecule has 3 aromatic rings. The number of hydrogen-bond donors (Lipinski definition) is 1. The molecule has 0 bridgehead atoms. The molecule has 29 heavy (non-hydrogen) atoms. The minimum absolute atomic E-state index is 0.00307. The van der Waals surface area contributed by atoms with E-state index in [1.54, 1.807) is 7.11 Å². The van der Waals surface area contributed by atoms with Gasteiger partial charge in [-0.05, 0) is 43.8 Å². The highest BCUT2D eigenvalue weighted by atomic mass is 16.5. The highest BCUT2D eigenvalue weighted by Crippen LogP contribution is 2.26. The van der Waals surface area contributed by atoms with Gasteiger partial charge >= 0.3 is 0 Å². The Kier molecular flexibility index (Phi) is 7.27. The lowest BCUT2D eigenvalue weighted by atomic mass is 10.2. The minimum Gasteiger partial charge on any atom is -0.491 e. The third kappa shape index (κ3) is 5.82. The average molecular weight is 396 g/mol. The number of carbonyl (C=O) groups excluding carboxylic acids is 1. The summed E-state index contributed by atoms with van der Waals surface area (Å²) in [5, 5.41) is 4.03. The fraction of sp³-hybridized carbons (Fsp3) is 0.348. The van der Waals surface area contributed by atoms with Crippen LogP contribution < -0.4 is 10.1 Å². The summed E-state index contributed by atoms with van der Waals surface area (Å²) < 4.78 is 16.4. The van der Waals surface area contributed by atoms with Crippen LogP contribution in [0.3, 0.4) is 0 Å². The first-order chi connectivity index (χ1) is 14.1. The van der Waals surface area contributed by atoms with Crippen molar-refractivity contribution in [1.82, 2.24) is 10.2 Å². The van der Waals surface area contributed by atoms with Crippen molar-refractivity contribution in [2.75, 3.05) is 33.9 Å². The molecule has 0 radical (unpaired) electrons. The van der Waals surface area contributed by atoms with E-state index < -0.39 is 0 Å². The molecule has 0 aliphatic rings. The van der Waals surface area contributed by atoms with Crippen LogP contribution >= 0.6 is 0 Å². The topological polar surface area (TPSA) is 63.9 Å². The SMILES string of the molecule is COCCOc1ccc(CNC(=O)CN(C)C(C)c2cc3ccccc3o2)cc1. The van der Waals surface area contributed by atoms with Crippen LogP contribution in [0.15, 0.2) is 59.0 Å². The summed E-state index contributed by atoms with van der Waals surface area (Å²) in [5.74, 6) is 1.61. The van der Waals surface area contributed by atoms with Gasteiger partial charge in [0.25, 0.3) is 0 Å². The molecule has 6 nitrogen and oxygen atoms in total. The number of likely N-dealkylation sites (N-methyl/N-ethyl adjacent to an activating group) is 1. The predicted molar refractivity (Wildman–Crippen MR) is 113 cm³/mol. The second-order valence-corrected chi connectivity index (χ2v) is 7.04. The Hall–Kier alpha value is -2.83. The summed E-state index contributed by atoms with van der Waals surface area (Å²) in [5.41, 5.74) is 1.88. The third-order valence-corrected chi connectivity index (χ3v) is 4.88. The van der Waals surface area contributed by atoms with Crippen molar-refractivity contribution in [3.05, 3.63) is 65.9 Å². The molecule has 2 aromatic carbocycles. The highest BCUT2D eigenvalue weighted by molar-refractivity contribution is 5.79. The second kappa shape index (κ2) is 10.1. The number of benzene rings is 2. The molecule has 1 aromatic heterocycles. The van der Waals surface area contributed by atoms with E-state index in [-0.39, 0.29) is 18.5 Å². The molecule has 154 valence electrons. The van der Waals surface area contributed by atoms with Crippen LogP contribution in [0, 0.1) is 0 Å². The Morgan fingerprint density at radius 3 is 2.62 bits per heavy atom. The molecular formula is C23H28N2O4. The maximum atomic E-state index is 12.4. The fourth-order valence-electron chi connectivity index (χ4n) is 2.99. The van der Waals surface area contributed by atoms with Gasteiger partial charge in [-0.1, -0.05) is 30.3 Å². The van der Waals surface area contributed by atoms with Gasteiger partial charge in [0, 0.05) is 19.0 Å². The fourth-order valence-corrected chi connectivity index (χ4v) is 2.99. The molecule has 3 rings (SSSR count). The van der Waals surface area contributed by atoms with Crippen molar-refractivity contribution in [2.24, 2.45) is 0 Å². The van der Waals surface area contributed by atoms with E-state index in [4.69, 9.17) is 13.9 Å². The van der Waals surface area contributed by atoms with Gasteiger partial charge in [0.2, 0.25) is 5.91 Å². The first-order valence-corrected chi connectivity index (χ1v) is 9.73. The predicted octanol–water partition coefficient (Wildman–Crippen LogP) is 3.77. The van der Waals surface area contributed by atoms with E-state index in [0.717, 1.165) is 28.0 Å². The standard InChI is InChI=1S/C23H28N2O4/c1-17(22-14-19-6-4-5-7-21(19)29-22)25(2)16-23(26)24-15-18-8-10-20(11-9-18)28-13-12-27-3/h4-11,14,17H,12-13,15-16H2,1-3H3,(H,24,26). The number of nitrogens with one attached hydrogen (secondary N) is 1. The summed E-state index contributed by atoms with van der Waals surface area (Å²) in [6, 6.07) is 17.6. The highest BCUT2D eigenvalue weighted by Gasteiger charge is 2.18. The first-order valence-electron chi connectivity index (χ1n) is 9.73. The summed E-state index contributed by atoms with van der Waals surface area (Å²) in [6.07, 6.45) is 0. The van der Waals surface area contributed by atoms with E-state index in [2.05, 4.69) is 5.32 Å². The van der Waals surface area contributed by atoms with E-state index >= 15 is 0 Å². The molecule has 1 atom stereocenters. The Morgan fingerprint density at radius 2 is 1.90 bits per heavy atom. The molecule has 0 saturated carbocycles. The number of rotatable bonds is 10. The lowest BCUT2D eigenvalue weighted by Gasteiger charge is -2.22. The zero-order valence-electron chi connectivity index (χ0n) is 17.2. The molecule has 6 heteroatoms. The van der Waals surface area contributed by atoms with E-state index in [1.807, 2.05) is 73.5 Å². The summed E-state index contributed by atoms with van der Waals surface area (Å²) in [7, 11) is 3.56. The van der Waals surface area contributed by atoms with Crippen molar-refractivity contribution in [2.45, 2.75) is 19.5 Å². The van der Waals surface area contributed by atoms with Gasteiger partial charge in [0.15, 0.2) is 0 Å². The normalized spacial score (nSPS) is 12.3. The number of furan rings is 1. The minimum atomic E-state index is -0.0316. The van der Waals surface area contributed by atoms with Gasteiger partial charge in [-0.15, -0.1) is 0 Å². The van der Waals surface area contributed by atoms with Crippen LogP contribution in [0.5, 0.6) is 5.75 Å². The largest absolute Gasteiger partial charge is 0.491 e. The van der Waals surface area contributed by atoms with Gasteiger partial charge in [-0.25, -0.2) is 0 Å². The Labute approximate surface area is 171 Å². The Balaban J connectivity index is 1.47. The number of carbonyl (C=O) groups is 1. The van der Waals surface area contributed by atoms with E-state index in [0.29, 0.717) is 19.8 Å². The van der Waals surface area contributed by atoms with Crippen molar-refractivity contribution in [3.8, 4) is 5.75 Å². The molecule has 0 saturated heterocycles. The molecule has 0 spiro atoms. The van der Waals surface area contributed by atoms with Crippen molar-refractivity contribution in [1.29, 1.82) is 0 Å². The van der Waals surface area contributed by atoms with Crippen LogP contribution in [-0.4, -0.2) is 44.7 Å². The number of fused-ring (bicyclic) bond motifs is 1. The van der Waals surface area contributed by atoms with Crippen LogP contribution in [-0.2, 0) is 16.1 Å². The number of nitrogens with zero attached hydrogens (tertiary/aromatic N) is 1. The number of para-hydroxylation sites is 1. The van der Waals surface area contributed by atoms with Crippen LogP contribution in [0.2, 0.25) is 0 Å². The van der Waals surface area contributed by atoms with Gasteiger partial charge in [0.05, 0.1) is 19.2 Å². The monoisotopic (exact) mass is 396 g/mol. The lowest BCUT2D eigenvalue weighted by molar-refractivity contribution is -0.122. The summed E-state index contributed by atoms with van der Waals surface area (Å²) in [6.45, 7) is 3.87. The maximum absolute atomic E-state index is 12.4. The van der Waals surface area contributed by atoms with Crippen LogP contribution in [0.4, 0.5) is 0 Å². The van der Waals surface area contributed by atoms with Gasteiger partial charge < -0.3 is 19.2 Å². The first kappa shape index (κ1) is 20.9. The maximum Gasteiger partial charge on any atom is 0.234 e. The number of methoxy groups -OCH3 is 1. The molecule has 1 amide bonds. The molecule has 1 N–H and O–H groups in total. The van der Waals surface area contributed by atoms with Gasteiger partial charge in [-0.2, -0.15) is 0 Å². The quantitative estimate of drug-likeness (QED) is 0.529. The van der Waals surface area contributed by atoms with Gasteiger partial charge in [0.1, 0.15) is 23.7 Å². The molecule has 0 fully saturated rings. The summed E-state index contributed by atoms with van der Waals surface area (Å²) >= 11 is 0. The molecule has 0 aliphatic carbocycles. The zero-order valence-corrected chi connectivity index (χ0v) is 17.2. The molecular weight excluding hydrogens is 368 g/mol. The van der Waals surface area contributed by atoms with Gasteiger partial charge in [-0.3, -0.25) is 9.69 Å². The van der Waals surface area contributed by atoms with Crippen LogP contribution in [0.1, 0.15) is 24.3 Å². The number of amides is 1. The van der Waals surface area contributed by atoms with Crippen molar-refractivity contribution in [3.63, 3.8) is 0 Å². The van der Waals surface area contributed by atoms with E-state index in [9.17, 15) is 4.79 Å². The zero-order chi connectivity index (χ0) is 20.6. The number of ether oxygens (including phenoxy) is 2. The van der Waals surface area contributed by atoms with Crippen LogP contribution in [0.25, 0.3) is 11.0 Å². The van der Waals surface area contributed by atoms with Crippen molar-refractivity contribution < 1.29 is 18.7 Å². The second-order valence-electron chi connectivity index (χ2n) is 7.04. The summed E-state index contributed by atoms with van der Waals surface area (Å²) in [4.78, 5) is 14.3. The molecule has 1 unspecified atom stereocenters. The van der Waals surface area contributed by atoms with Crippen molar-refractivity contribution >= 4 is 16.9 Å². The van der Waals surface area contributed by atoms with E-state index in [1.165, 1.54) is 0 Å². The molecule has 0 aliphatic heterocycles. The Morgan fingerprint density at radius 1 is 1.14 bits per heavy atom. The molecule has 1 heterocycles. The third-order valence-electron chi connectivity index (χ3n) is 4.88. The Bertz CT molecular complexity index is 887.